The van der Waals surface area contributed by atoms with Crippen LogP contribution in [-0.2, 0) is 10.0 Å². The van der Waals surface area contributed by atoms with Crippen LogP contribution in [0.4, 0.5) is 5.69 Å². The summed E-state index contributed by atoms with van der Waals surface area (Å²) in [5.41, 5.74) is 0.313. The van der Waals surface area contributed by atoms with Gasteiger partial charge in [0.1, 0.15) is 0 Å². The van der Waals surface area contributed by atoms with Crippen molar-refractivity contribution in [3.8, 4) is 0 Å². The number of hydrogen-bond acceptors (Lipinski definition) is 5. The predicted octanol–water partition coefficient (Wildman–Crippen LogP) is 1.76. The molecule has 0 N–H and O–H groups in total. The highest BCUT2D eigenvalue weighted by atomic mass is 32.2. The molecule has 1 aromatic carbocycles. The van der Waals surface area contributed by atoms with Crippen molar-refractivity contribution in [2.75, 3.05) is 26.2 Å². The number of benzene rings is 1. The largest absolute Gasteiger partial charge is 0.298 e. The molecule has 126 valence electrons. The lowest BCUT2D eigenvalue weighted by Crippen LogP contribution is -2.56. The highest BCUT2D eigenvalue weighted by Gasteiger charge is 2.35. The molecule has 8 heteroatoms. The minimum atomic E-state index is -3.68. The number of nitrogens with zero attached hydrogens (tertiary/aromatic N) is 3. The first kappa shape index (κ1) is 16.4. The van der Waals surface area contributed by atoms with Gasteiger partial charge in [-0.25, -0.2) is 8.42 Å². The Labute approximate surface area is 136 Å². The van der Waals surface area contributed by atoms with Gasteiger partial charge in [0.2, 0.25) is 10.0 Å². The average molecular weight is 339 g/mol. The highest BCUT2D eigenvalue weighted by molar-refractivity contribution is 7.89. The third-order valence-electron chi connectivity index (χ3n) is 4.82. The van der Waals surface area contributed by atoms with Crippen molar-refractivity contribution in [3.63, 3.8) is 0 Å². The second kappa shape index (κ2) is 6.18. The van der Waals surface area contributed by atoms with Crippen LogP contribution >= 0.6 is 0 Å². The Bertz CT molecular complexity index is 719. The van der Waals surface area contributed by atoms with Crippen molar-refractivity contribution in [2.24, 2.45) is 0 Å². The maximum Gasteiger partial charge on any atom is 0.273 e. The molecule has 2 aliphatic rings. The number of nitro groups is 1. The lowest BCUT2D eigenvalue weighted by Gasteiger charge is -2.43. The maximum atomic E-state index is 12.8. The molecule has 0 bridgehead atoms. The zero-order valence-electron chi connectivity index (χ0n) is 13.1. The fraction of sp³-hybridized carbons (Fsp3) is 0.600. The van der Waals surface area contributed by atoms with Gasteiger partial charge in [-0.2, -0.15) is 4.31 Å². The Balaban J connectivity index is 1.87. The van der Waals surface area contributed by atoms with Crippen LogP contribution in [0.1, 0.15) is 24.8 Å². The summed E-state index contributed by atoms with van der Waals surface area (Å²) < 4.78 is 27.1. The molecule has 2 saturated heterocycles. The number of nitro benzene ring substituents is 1. The van der Waals surface area contributed by atoms with Gasteiger partial charge in [-0.3, -0.25) is 15.0 Å². The number of aryl methyl sites for hydroxylation is 1. The monoisotopic (exact) mass is 339 g/mol. The second-order valence-electron chi connectivity index (χ2n) is 6.25. The van der Waals surface area contributed by atoms with E-state index < -0.39 is 14.9 Å². The summed E-state index contributed by atoms with van der Waals surface area (Å²) in [7, 11) is -3.68. The number of sulfonamides is 1. The lowest BCUT2D eigenvalue weighted by molar-refractivity contribution is -0.385. The van der Waals surface area contributed by atoms with E-state index in [2.05, 4.69) is 4.90 Å². The number of hydrogen-bond donors (Lipinski definition) is 0. The fourth-order valence-corrected chi connectivity index (χ4v) is 4.93. The topological polar surface area (TPSA) is 83.8 Å². The minimum Gasteiger partial charge on any atom is -0.298 e. The van der Waals surface area contributed by atoms with Crippen LogP contribution < -0.4 is 0 Å². The lowest BCUT2D eigenvalue weighted by atomic mass is 10.0. The van der Waals surface area contributed by atoms with Crippen molar-refractivity contribution in [1.82, 2.24) is 9.21 Å². The van der Waals surface area contributed by atoms with Gasteiger partial charge in [-0.15, -0.1) is 0 Å². The quantitative estimate of drug-likeness (QED) is 0.619. The molecule has 1 atom stereocenters. The second-order valence-corrected chi connectivity index (χ2v) is 8.19. The van der Waals surface area contributed by atoms with E-state index in [0.717, 1.165) is 25.9 Å². The van der Waals surface area contributed by atoms with Gasteiger partial charge in [-0.05, 0) is 32.4 Å². The number of piperazine rings is 1. The third-order valence-corrected chi connectivity index (χ3v) is 6.68. The summed E-state index contributed by atoms with van der Waals surface area (Å²) in [6, 6.07) is 4.41. The van der Waals surface area contributed by atoms with Crippen LogP contribution in [0.5, 0.6) is 0 Å². The molecule has 0 radical (unpaired) electrons. The standard InChI is InChI=1S/C15H21N3O4S/c1-12-5-6-14(10-15(12)18(19)20)23(21,22)17-9-8-16-7-3-2-4-13(16)11-17/h5-6,10,13H,2-4,7-9,11H2,1H3. The normalized spacial score (nSPS) is 23.4. The number of piperidine rings is 1. The molecule has 2 aliphatic heterocycles. The van der Waals surface area contributed by atoms with Crippen LogP contribution in [0.2, 0.25) is 0 Å². The van der Waals surface area contributed by atoms with Gasteiger partial charge in [0.15, 0.2) is 0 Å². The molecule has 0 amide bonds. The summed E-state index contributed by atoms with van der Waals surface area (Å²) in [5.74, 6) is 0. The molecule has 0 spiro atoms. The van der Waals surface area contributed by atoms with E-state index in [1.54, 1.807) is 6.92 Å². The molecule has 0 saturated carbocycles. The van der Waals surface area contributed by atoms with E-state index in [4.69, 9.17) is 0 Å². The van der Waals surface area contributed by atoms with E-state index in [-0.39, 0.29) is 16.6 Å². The Morgan fingerprint density at radius 3 is 2.74 bits per heavy atom. The van der Waals surface area contributed by atoms with E-state index in [0.29, 0.717) is 18.7 Å². The van der Waals surface area contributed by atoms with Gasteiger partial charge < -0.3 is 0 Å². The SMILES string of the molecule is Cc1ccc(S(=O)(=O)N2CCN3CCCCC3C2)cc1[N+](=O)[O-]. The minimum absolute atomic E-state index is 0.0130. The summed E-state index contributed by atoms with van der Waals surface area (Å²) in [6.45, 7) is 4.30. The molecule has 1 aromatic rings. The van der Waals surface area contributed by atoms with Gasteiger partial charge in [0.05, 0.1) is 9.82 Å². The molecular formula is C15H21N3O4S. The third kappa shape index (κ3) is 3.11. The molecule has 0 aliphatic carbocycles. The van der Waals surface area contributed by atoms with Crippen molar-refractivity contribution in [1.29, 1.82) is 0 Å². The van der Waals surface area contributed by atoms with Crippen molar-refractivity contribution in [2.45, 2.75) is 37.1 Å². The Morgan fingerprint density at radius 1 is 1.22 bits per heavy atom. The predicted molar refractivity (Wildman–Crippen MR) is 85.8 cm³/mol. The van der Waals surface area contributed by atoms with Crippen molar-refractivity contribution >= 4 is 15.7 Å². The molecule has 2 heterocycles. The molecule has 23 heavy (non-hydrogen) atoms. The maximum absolute atomic E-state index is 12.8. The summed E-state index contributed by atoms with van der Waals surface area (Å²) >= 11 is 0. The van der Waals surface area contributed by atoms with Gasteiger partial charge in [-0.1, -0.05) is 12.5 Å². The zero-order chi connectivity index (χ0) is 16.6. The van der Waals surface area contributed by atoms with Crippen molar-refractivity contribution < 1.29 is 13.3 Å². The van der Waals surface area contributed by atoms with E-state index in [9.17, 15) is 18.5 Å². The zero-order valence-corrected chi connectivity index (χ0v) is 14.0. The Kier molecular flexibility index (Phi) is 4.39. The van der Waals surface area contributed by atoms with Crippen LogP contribution in [-0.4, -0.2) is 54.8 Å². The first-order valence-corrected chi connectivity index (χ1v) is 9.33. The first-order chi connectivity index (χ1) is 10.9. The Hall–Kier alpha value is -1.51. The fourth-order valence-electron chi connectivity index (χ4n) is 3.44. The van der Waals surface area contributed by atoms with Crippen LogP contribution in [0.25, 0.3) is 0 Å². The molecule has 1 unspecified atom stereocenters. The van der Waals surface area contributed by atoms with E-state index >= 15 is 0 Å². The number of fused-ring (bicyclic) bond motifs is 1. The van der Waals surface area contributed by atoms with E-state index in [1.807, 2.05) is 0 Å². The van der Waals surface area contributed by atoms with Gasteiger partial charge in [0.25, 0.3) is 5.69 Å². The van der Waals surface area contributed by atoms with Crippen LogP contribution in [0.15, 0.2) is 23.1 Å². The van der Waals surface area contributed by atoms with Crippen LogP contribution in [0, 0.1) is 17.0 Å². The van der Waals surface area contributed by atoms with Gasteiger partial charge in [0, 0.05) is 37.3 Å². The molecule has 3 rings (SSSR count). The van der Waals surface area contributed by atoms with Crippen molar-refractivity contribution in [3.05, 3.63) is 33.9 Å². The Morgan fingerprint density at radius 2 is 2.00 bits per heavy atom. The molecule has 0 aromatic heterocycles. The molecule has 2 fully saturated rings. The average Bonchev–Trinajstić information content (AvgIpc) is 2.54. The van der Waals surface area contributed by atoms with Crippen LogP contribution in [0.3, 0.4) is 0 Å². The molecule has 7 nitrogen and oxygen atoms in total. The summed E-state index contributed by atoms with van der Waals surface area (Å²) in [6.07, 6.45) is 3.32. The smallest absolute Gasteiger partial charge is 0.273 e. The molecular weight excluding hydrogens is 318 g/mol. The summed E-state index contributed by atoms with van der Waals surface area (Å²) in [4.78, 5) is 12.9. The highest BCUT2D eigenvalue weighted by Crippen LogP contribution is 2.28. The van der Waals surface area contributed by atoms with Gasteiger partial charge >= 0.3 is 0 Å². The number of rotatable bonds is 3. The van der Waals surface area contributed by atoms with E-state index in [1.165, 1.54) is 28.9 Å². The summed E-state index contributed by atoms with van der Waals surface area (Å²) in [5, 5.41) is 11.1. The first-order valence-electron chi connectivity index (χ1n) is 7.89.